The zero-order valence-corrected chi connectivity index (χ0v) is 21.5. The first-order chi connectivity index (χ1) is 17.5. The Morgan fingerprint density at radius 2 is 1.81 bits per heavy atom. The number of pyridine rings is 1. The molecule has 2 aromatic heterocycles. The van der Waals surface area contributed by atoms with Crippen LogP contribution in [0.25, 0.3) is 10.9 Å². The smallest absolute Gasteiger partial charge is 0.341 e. The Morgan fingerprint density at radius 3 is 2.64 bits per heavy atom. The molecule has 2 aliphatic carbocycles. The molecule has 3 aromatic rings. The van der Waals surface area contributed by atoms with Crippen molar-refractivity contribution in [3.63, 3.8) is 0 Å². The number of carbonyl (C=O) groups excluding carboxylic acids is 3. The maximum Gasteiger partial charge on any atom is 0.341 e. The Bertz CT molecular complexity index is 1350. The molecule has 2 heterocycles. The van der Waals surface area contributed by atoms with E-state index in [4.69, 9.17) is 14.5 Å². The Hall–Kier alpha value is -3.26. The molecule has 1 atom stereocenters. The lowest BCUT2D eigenvalue weighted by molar-refractivity contribution is -0.119. The number of hydrogen-bond donors (Lipinski definition) is 1. The third-order valence-corrected chi connectivity index (χ3v) is 8.15. The molecule has 1 unspecified atom stereocenters. The van der Waals surface area contributed by atoms with E-state index in [1.54, 1.807) is 6.92 Å². The van der Waals surface area contributed by atoms with Gasteiger partial charge in [-0.25, -0.2) is 9.59 Å². The summed E-state index contributed by atoms with van der Waals surface area (Å²) < 4.78 is 10.8. The molecule has 0 saturated carbocycles. The molecular weight excluding hydrogens is 476 g/mol. The van der Waals surface area contributed by atoms with Crippen molar-refractivity contribution < 1.29 is 23.9 Å². The number of rotatable bonds is 6. The lowest BCUT2D eigenvalue weighted by Crippen LogP contribution is -2.24. The topological polar surface area (TPSA) is 94.6 Å². The first-order valence-corrected chi connectivity index (χ1v) is 13.5. The van der Waals surface area contributed by atoms with E-state index in [-0.39, 0.29) is 6.61 Å². The maximum atomic E-state index is 13.3. The lowest BCUT2D eigenvalue weighted by atomic mass is 9.84. The largest absolute Gasteiger partial charge is 0.462 e. The molecule has 7 nitrogen and oxygen atoms in total. The fraction of sp³-hybridized carbons (Fsp3) is 0.429. The van der Waals surface area contributed by atoms with Crippen LogP contribution >= 0.6 is 11.3 Å². The van der Waals surface area contributed by atoms with Gasteiger partial charge >= 0.3 is 11.9 Å². The lowest BCUT2D eigenvalue weighted by Gasteiger charge is -2.24. The molecule has 0 aliphatic heterocycles. The quantitative estimate of drug-likeness (QED) is 0.458. The highest BCUT2D eigenvalue weighted by molar-refractivity contribution is 7.17. The third kappa shape index (κ3) is 4.74. The van der Waals surface area contributed by atoms with Crippen molar-refractivity contribution in [1.29, 1.82) is 0 Å². The number of thiophene rings is 1. The Kier molecular flexibility index (Phi) is 7.05. The number of nitrogens with zero attached hydrogens (tertiary/aromatic N) is 1. The van der Waals surface area contributed by atoms with E-state index in [2.05, 4.69) is 12.2 Å². The summed E-state index contributed by atoms with van der Waals surface area (Å²) in [6.07, 6.45) is 6.35. The van der Waals surface area contributed by atoms with Crippen molar-refractivity contribution in [2.45, 2.75) is 58.8 Å². The van der Waals surface area contributed by atoms with Crippen molar-refractivity contribution >= 4 is 45.1 Å². The highest BCUT2D eigenvalue weighted by atomic mass is 32.1. The number of aryl methyl sites for hydroxylation is 2. The van der Waals surface area contributed by atoms with E-state index in [1.165, 1.54) is 11.3 Å². The predicted molar refractivity (Wildman–Crippen MR) is 139 cm³/mol. The average Bonchev–Trinajstić information content (AvgIpc) is 3.23. The van der Waals surface area contributed by atoms with Crippen LogP contribution in [-0.4, -0.2) is 36.0 Å². The van der Waals surface area contributed by atoms with Crippen LogP contribution in [0.15, 0.2) is 24.3 Å². The SMILES string of the molecule is CCOC(=O)c1c(NC(=O)COC(=O)c2c3c(nc4ccccc24)CCC(C)C3)sc2c1CCCC2. The number of benzene rings is 1. The number of anilines is 1. The number of aromatic nitrogens is 1. The summed E-state index contributed by atoms with van der Waals surface area (Å²) in [4.78, 5) is 44.7. The van der Waals surface area contributed by atoms with Gasteiger partial charge in [0.2, 0.25) is 0 Å². The molecule has 1 N–H and O–H groups in total. The van der Waals surface area contributed by atoms with Gasteiger partial charge in [-0.3, -0.25) is 9.78 Å². The summed E-state index contributed by atoms with van der Waals surface area (Å²) in [5, 5.41) is 4.03. The van der Waals surface area contributed by atoms with Gasteiger partial charge in [0.05, 0.1) is 23.3 Å². The second-order valence-corrected chi connectivity index (χ2v) is 10.6. The van der Waals surface area contributed by atoms with Gasteiger partial charge in [-0.2, -0.15) is 0 Å². The fourth-order valence-corrected chi connectivity index (χ4v) is 6.53. The molecule has 36 heavy (non-hydrogen) atoms. The van der Waals surface area contributed by atoms with Gasteiger partial charge in [-0.15, -0.1) is 11.3 Å². The molecule has 0 radical (unpaired) electrons. The molecule has 1 aromatic carbocycles. The maximum absolute atomic E-state index is 13.3. The molecule has 0 bridgehead atoms. The predicted octanol–water partition coefficient (Wildman–Crippen LogP) is 5.27. The fourth-order valence-electron chi connectivity index (χ4n) is 5.23. The van der Waals surface area contributed by atoms with E-state index in [0.717, 1.165) is 77.5 Å². The second-order valence-electron chi connectivity index (χ2n) is 9.54. The van der Waals surface area contributed by atoms with Crippen molar-refractivity contribution in [3.05, 3.63) is 57.1 Å². The number of para-hydroxylation sites is 1. The molecule has 5 rings (SSSR count). The molecular formula is C28H30N2O5S. The van der Waals surface area contributed by atoms with E-state index in [0.29, 0.717) is 22.0 Å². The number of carbonyl (C=O) groups is 3. The van der Waals surface area contributed by atoms with Gasteiger partial charge in [-0.1, -0.05) is 25.1 Å². The van der Waals surface area contributed by atoms with Crippen LogP contribution in [0.1, 0.15) is 75.5 Å². The molecule has 8 heteroatoms. The third-order valence-electron chi connectivity index (χ3n) is 6.95. The van der Waals surface area contributed by atoms with Gasteiger partial charge in [0.25, 0.3) is 5.91 Å². The first-order valence-electron chi connectivity index (χ1n) is 12.6. The molecule has 0 fully saturated rings. The van der Waals surface area contributed by atoms with Crippen LogP contribution in [0.4, 0.5) is 5.00 Å². The van der Waals surface area contributed by atoms with Crippen LogP contribution in [0.3, 0.4) is 0 Å². The Balaban J connectivity index is 1.36. The average molecular weight is 507 g/mol. The van der Waals surface area contributed by atoms with Crippen LogP contribution in [-0.2, 0) is 40.0 Å². The highest BCUT2D eigenvalue weighted by Gasteiger charge is 2.29. The van der Waals surface area contributed by atoms with Crippen molar-refractivity contribution in [1.82, 2.24) is 4.98 Å². The van der Waals surface area contributed by atoms with Gasteiger partial charge in [0, 0.05) is 16.0 Å². The summed E-state index contributed by atoms with van der Waals surface area (Å²) in [5.41, 5.74) is 4.54. The zero-order chi connectivity index (χ0) is 25.2. The summed E-state index contributed by atoms with van der Waals surface area (Å²) in [5.74, 6) is -0.979. The molecule has 0 spiro atoms. The second kappa shape index (κ2) is 10.4. The normalized spacial score (nSPS) is 16.7. The van der Waals surface area contributed by atoms with Crippen LogP contribution in [0.5, 0.6) is 0 Å². The van der Waals surface area contributed by atoms with E-state index in [1.807, 2.05) is 24.3 Å². The first kappa shape index (κ1) is 24.4. The summed E-state index contributed by atoms with van der Waals surface area (Å²) in [6.45, 7) is 3.75. The van der Waals surface area contributed by atoms with Crippen LogP contribution in [0, 0.1) is 5.92 Å². The number of fused-ring (bicyclic) bond motifs is 3. The Labute approximate surface area is 214 Å². The zero-order valence-electron chi connectivity index (χ0n) is 20.6. The minimum atomic E-state index is -0.523. The molecule has 0 saturated heterocycles. The van der Waals surface area contributed by atoms with Gasteiger partial charge in [0.1, 0.15) is 5.00 Å². The van der Waals surface area contributed by atoms with Crippen molar-refractivity contribution in [3.8, 4) is 0 Å². The minimum absolute atomic E-state index is 0.261. The molecule has 2 aliphatic rings. The van der Waals surface area contributed by atoms with Gasteiger partial charge in [0.15, 0.2) is 6.61 Å². The number of ether oxygens (including phenoxy) is 2. The Morgan fingerprint density at radius 1 is 1.03 bits per heavy atom. The molecule has 1 amide bonds. The van der Waals surface area contributed by atoms with E-state index >= 15 is 0 Å². The van der Waals surface area contributed by atoms with Crippen molar-refractivity contribution in [2.75, 3.05) is 18.5 Å². The van der Waals surface area contributed by atoms with E-state index < -0.39 is 24.5 Å². The van der Waals surface area contributed by atoms with Crippen LogP contribution in [0.2, 0.25) is 0 Å². The monoisotopic (exact) mass is 506 g/mol. The molecule has 188 valence electrons. The highest BCUT2D eigenvalue weighted by Crippen LogP contribution is 2.38. The summed E-state index contributed by atoms with van der Waals surface area (Å²) in [6, 6.07) is 7.55. The standard InChI is InChI=1S/C28H30N2O5S/c1-3-34-28(33)25-18-9-5-7-11-22(18)36-26(25)30-23(31)15-35-27(32)24-17-8-4-6-10-20(17)29-21-13-12-16(2)14-19(21)24/h4,6,8,10,16H,3,5,7,9,11-15H2,1-2H3,(H,30,31). The van der Waals surface area contributed by atoms with Crippen LogP contribution < -0.4 is 5.32 Å². The summed E-state index contributed by atoms with van der Waals surface area (Å²) >= 11 is 1.41. The minimum Gasteiger partial charge on any atom is -0.462 e. The number of nitrogens with one attached hydrogen (secondary N) is 1. The number of esters is 2. The number of amides is 1. The van der Waals surface area contributed by atoms with Gasteiger partial charge < -0.3 is 14.8 Å². The van der Waals surface area contributed by atoms with Gasteiger partial charge in [-0.05, 0) is 75.0 Å². The van der Waals surface area contributed by atoms with E-state index in [9.17, 15) is 14.4 Å². The number of hydrogen-bond acceptors (Lipinski definition) is 7. The summed E-state index contributed by atoms with van der Waals surface area (Å²) in [7, 11) is 0. The van der Waals surface area contributed by atoms with Crippen molar-refractivity contribution in [2.24, 2.45) is 5.92 Å².